The molecule has 0 saturated carbocycles. The van der Waals surface area contributed by atoms with Crippen molar-refractivity contribution >= 4 is 31.8 Å². The van der Waals surface area contributed by atoms with Gasteiger partial charge in [-0.05, 0) is 0 Å². The number of hydrogen-bond acceptors (Lipinski definition) is 3. The van der Waals surface area contributed by atoms with E-state index in [0.29, 0.717) is 0 Å². The fraction of sp³-hybridized carbons (Fsp3) is 0.500. The fourth-order valence-corrected chi connectivity index (χ4v) is 0. The van der Waals surface area contributed by atoms with E-state index < -0.39 is 5.97 Å². The van der Waals surface area contributed by atoms with Crippen LogP contribution in [-0.4, -0.2) is 37.1 Å². The van der Waals surface area contributed by atoms with Crippen LogP contribution in [0.5, 0.6) is 0 Å². The normalized spacial score (nSPS) is 5.67. The summed E-state index contributed by atoms with van der Waals surface area (Å²) in [5, 5.41) is 7.29. The van der Waals surface area contributed by atoms with Crippen molar-refractivity contribution in [3.8, 4) is 0 Å². The molecule has 0 aliphatic heterocycles. The molecule has 0 rings (SSSR count). The average Bonchev–Trinajstić information content (AvgIpc) is 1.38. The van der Waals surface area contributed by atoms with Gasteiger partial charge in [-0.25, -0.2) is 4.79 Å². The van der Waals surface area contributed by atoms with Crippen molar-refractivity contribution in [2.45, 2.75) is 6.92 Å². The van der Waals surface area contributed by atoms with Crippen LogP contribution in [0.15, 0.2) is 0 Å². The third-order valence-electron chi connectivity index (χ3n) is 0.129. The molecule has 0 atom stereocenters. The molecule has 0 aromatic rings. The van der Waals surface area contributed by atoms with Gasteiger partial charge in [0.2, 0.25) is 0 Å². The summed E-state index contributed by atoms with van der Waals surface area (Å²) in [6, 6.07) is 0. The quantitative estimate of drug-likeness (QED) is 0.390. The monoisotopic (exact) mass is 194 g/mol. The Bertz CT molecular complexity index is 44.1. The molecule has 0 aromatic carbocycles. The predicted molar refractivity (Wildman–Crippen MR) is 24.3 cm³/mol. The SMILES string of the molecule is CC(=O)OO.[InH3]. The van der Waals surface area contributed by atoms with Crippen molar-refractivity contribution < 1.29 is 14.9 Å². The summed E-state index contributed by atoms with van der Waals surface area (Å²) < 4.78 is 0. The first-order valence-electron chi connectivity index (χ1n) is 1.09. The molecule has 0 amide bonds. The number of hydrogen-bond donors (Lipinski definition) is 1. The Labute approximate surface area is 54.0 Å². The molecular weight excluding hydrogens is 187 g/mol. The first kappa shape index (κ1) is 9.57. The van der Waals surface area contributed by atoms with E-state index in [1.807, 2.05) is 0 Å². The molecule has 0 aliphatic carbocycles. The molecule has 3 nitrogen and oxygen atoms in total. The van der Waals surface area contributed by atoms with Crippen LogP contribution in [0.25, 0.3) is 0 Å². The molecule has 4 heteroatoms. The average molecular weight is 194 g/mol. The second kappa shape index (κ2) is 5.30. The zero-order valence-corrected chi connectivity index (χ0v) is 2.76. The number of carbonyl (C=O) groups is 1. The summed E-state index contributed by atoms with van der Waals surface area (Å²) in [7, 11) is 0. The van der Waals surface area contributed by atoms with Crippen LogP contribution in [0.3, 0.4) is 0 Å². The van der Waals surface area contributed by atoms with Crippen LogP contribution in [0.4, 0.5) is 0 Å². The van der Waals surface area contributed by atoms with Gasteiger partial charge in [-0.1, -0.05) is 0 Å². The van der Waals surface area contributed by atoms with Gasteiger partial charge in [0.15, 0.2) is 0 Å². The Morgan fingerprint density at radius 3 is 2.00 bits per heavy atom. The summed E-state index contributed by atoms with van der Waals surface area (Å²) in [5.74, 6) is -0.690. The van der Waals surface area contributed by atoms with E-state index in [2.05, 4.69) is 4.89 Å². The Morgan fingerprint density at radius 1 is 1.83 bits per heavy atom. The minimum absolute atomic E-state index is 0. The summed E-state index contributed by atoms with van der Waals surface area (Å²) in [6.07, 6.45) is 0. The third-order valence-corrected chi connectivity index (χ3v) is 0.129. The van der Waals surface area contributed by atoms with E-state index in [1.165, 1.54) is 0 Å². The molecule has 0 fully saturated rings. The van der Waals surface area contributed by atoms with Crippen LogP contribution in [-0.2, 0) is 9.68 Å². The number of carbonyl (C=O) groups excluding carboxylic acids is 1. The molecule has 0 spiro atoms. The van der Waals surface area contributed by atoms with E-state index in [0.717, 1.165) is 6.92 Å². The molecule has 0 saturated heterocycles. The molecule has 36 valence electrons. The zero-order valence-electron chi connectivity index (χ0n) is 2.76. The zero-order chi connectivity index (χ0) is 4.28. The molecule has 0 aromatic heterocycles. The molecule has 0 radical (unpaired) electrons. The van der Waals surface area contributed by atoms with Crippen molar-refractivity contribution in [1.29, 1.82) is 0 Å². The molecule has 6 heavy (non-hydrogen) atoms. The Kier molecular flexibility index (Phi) is 8.45. The van der Waals surface area contributed by atoms with E-state index in [1.54, 1.807) is 0 Å². The van der Waals surface area contributed by atoms with E-state index in [9.17, 15) is 4.79 Å². The Morgan fingerprint density at radius 2 is 2.00 bits per heavy atom. The van der Waals surface area contributed by atoms with E-state index in [-0.39, 0.29) is 25.8 Å². The number of rotatable bonds is 0. The first-order chi connectivity index (χ1) is 2.27. The van der Waals surface area contributed by atoms with Gasteiger partial charge in [-0.3, -0.25) is 0 Å². The van der Waals surface area contributed by atoms with E-state index >= 15 is 0 Å². The summed E-state index contributed by atoms with van der Waals surface area (Å²) in [6.45, 7) is 1.11. The molecular formula is C2H7InO3. The molecule has 0 bridgehead atoms. The van der Waals surface area contributed by atoms with Crippen molar-refractivity contribution in [2.24, 2.45) is 0 Å². The van der Waals surface area contributed by atoms with Crippen LogP contribution in [0.2, 0.25) is 0 Å². The maximum absolute atomic E-state index is 9.34. The van der Waals surface area contributed by atoms with Crippen molar-refractivity contribution in [3.63, 3.8) is 0 Å². The van der Waals surface area contributed by atoms with Crippen molar-refractivity contribution in [2.75, 3.05) is 0 Å². The van der Waals surface area contributed by atoms with Gasteiger partial charge in [-0.15, -0.1) is 0 Å². The summed E-state index contributed by atoms with van der Waals surface area (Å²) >= 11 is 0. The minimum atomic E-state index is -0.690. The summed E-state index contributed by atoms with van der Waals surface area (Å²) in [4.78, 5) is 12.5. The summed E-state index contributed by atoms with van der Waals surface area (Å²) in [5.41, 5.74) is 0. The Hall–Kier alpha value is 0.300. The molecule has 0 heterocycles. The third kappa shape index (κ3) is 8.85. The van der Waals surface area contributed by atoms with Gasteiger partial charge in [-0.2, -0.15) is 5.26 Å². The van der Waals surface area contributed by atoms with Gasteiger partial charge in [0.1, 0.15) is 0 Å². The first-order valence-corrected chi connectivity index (χ1v) is 1.09. The molecule has 0 unspecified atom stereocenters. The van der Waals surface area contributed by atoms with Gasteiger partial charge in [0, 0.05) is 6.92 Å². The predicted octanol–water partition coefficient (Wildman–Crippen LogP) is -1.16. The Balaban J connectivity index is 0. The van der Waals surface area contributed by atoms with Crippen LogP contribution in [0.1, 0.15) is 6.92 Å². The van der Waals surface area contributed by atoms with Crippen LogP contribution in [0, 0.1) is 0 Å². The van der Waals surface area contributed by atoms with Gasteiger partial charge in [0.25, 0.3) is 0 Å². The van der Waals surface area contributed by atoms with Gasteiger partial charge in [0.05, 0.1) is 0 Å². The van der Waals surface area contributed by atoms with Gasteiger partial charge >= 0.3 is 31.8 Å². The van der Waals surface area contributed by atoms with Crippen LogP contribution < -0.4 is 0 Å². The second-order valence-corrected chi connectivity index (χ2v) is 0.583. The topological polar surface area (TPSA) is 46.5 Å². The standard InChI is InChI=1S/C2H4O3.In.3H/c1-2(3)5-4;;;;/h4H,1H3;;;;. The fourth-order valence-electron chi connectivity index (χ4n) is 0. The van der Waals surface area contributed by atoms with Gasteiger partial charge < -0.3 is 4.89 Å². The van der Waals surface area contributed by atoms with Crippen LogP contribution >= 0.6 is 0 Å². The molecule has 0 aliphatic rings. The maximum atomic E-state index is 9.34. The van der Waals surface area contributed by atoms with E-state index in [4.69, 9.17) is 5.26 Å². The second-order valence-electron chi connectivity index (χ2n) is 0.583. The van der Waals surface area contributed by atoms with Crippen molar-refractivity contribution in [3.05, 3.63) is 0 Å². The van der Waals surface area contributed by atoms with Crippen molar-refractivity contribution in [1.82, 2.24) is 0 Å². The molecule has 1 N–H and O–H groups in total.